The molecule has 0 N–H and O–H groups in total. The Balaban J connectivity index is 1.80. The minimum absolute atomic E-state index is 0.0462. The number of thiazole rings is 1. The molecule has 0 aliphatic heterocycles. The molecule has 8 heteroatoms. The Morgan fingerprint density at radius 3 is 2.78 bits per heavy atom. The molecule has 0 bridgehead atoms. The standard InChI is InChI=1S/C19H23N5OS2/c1-12(2)23-11-20-22-19(23)27-10-16-9-26-18(21-16)24(15(5)25)17-7-6-13(3)8-14(17)4/h6-9,11-12H,10H2,1-5H3. The molecular formula is C19H23N5OS2. The maximum absolute atomic E-state index is 12.3. The van der Waals surface area contributed by atoms with Gasteiger partial charge in [0.2, 0.25) is 5.91 Å². The van der Waals surface area contributed by atoms with Crippen molar-refractivity contribution in [2.45, 2.75) is 51.6 Å². The molecule has 2 aromatic heterocycles. The summed E-state index contributed by atoms with van der Waals surface area (Å²) >= 11 is 3.08. The van der Waals surface area contributed by atoms with Crippen LogP contribution in [0.3, 0.4) is 0 Å². The SMILES string of the molecule is CC(=O)N(c1nc(CSc2nncn2C(C)C)cs1)c1ccc(C)cc1C. The van der Waals surface area contributed by atoms with Gasteiger partial charge in [-0.25, -0.2) is 4.98 Å². The second kappa shape index (κ2) is 8.22. The van der Waals surface area contributed by atoms with E-state index in [0.29, 0.717) is 16.9 Å². The van der Waals surface area contributed by atoms with Crippen molar-refractivity contribution in [2.24, 2.45) is 0 Å². The van der Waals surface area contributed by atoms with Gasteiger partial charge in [0.15, 0.2) is 10.3 Å². The third-order valence-electron chi connectivity index (χ3n) is 4.08. The molecule has 0 saturated carbocycles. The van der Waals surface area contributed by atoms with Gasteiger partial charge in [-0.15, -0.1) is 21.5 Å². The van der Waals surface area contributed by atoms with Gasteiger partial charge in [-0.1, -0.05) is 29.5 Å². The lowest BCUT2D eigenvalue weighted by Gasteiger charge is -2.20. The van der Waals surface area contributed by atoms with Crippen LogP contribution >= 0.6 is 23.1 Å². The predicted octanol–water partition coefficient (Wildman–Crippen LogP) is 4.91. The van der Waals surface area contributed by atoms with Crippen molar-refractivity contribution in [3.8, 4) is 0 Å². The number of rotatable bonds is 6. The summed E-state index contributed by atoms with van der Waals surface area (Å²) in [5.41, 5.74) is 4.03. The summed E-state index contributed by atoms with van der Waals surface area (Å²) in [6.07, 6.45) is 1.75. The van der Waals surface area contributed by atoms with Gasteiger partial charge in [0.1, 0.15) is 6.33 Å². The largest absolute Gasteiger partial charge is 0.306 e. The lowest BCUT2D eigenvalue weighted by atomic mass is 10.1. The topological polar surface area (TPSA) is 63.9 Å². The Hall–Kier alpha value is -2.19. The van der Waals surface area contributed by atoms with Crippen molar-refractivity contribution in [2.75, 3.05) is 4.90 Å². The van der Waals surface area contributed by atoms with E-state index in [9.17, 15) is 4.79 Å². The molecule has 27 heavy (non-hydrogen) atoms. The summed E-state index contributed by atoms with van der Waals surface area (Å²) in [6.45, 7) is 9.83. The molecule has 3 rings (SSSR count). The van der Waals surface area contributed by atoms with Crippen LogP contribution in [0.4, 0.5) is 10.8 Å². The lowest BCUT2D eigenvalue weighted by molar-refractivity contribution is -0.115. The number of nitrogens with zero attached hydrogens (tertiary/aromatic N) is 5. The van der Waals surface area contributed by atoms with Gasteiger partial charge in [-0.3, -0.25) is 9.69 Å². The van der Waals surface area contributed by atoms with Crippen molar-refractivity contribution in [3.05, 3.63) is 46.7 Å². The van der Waals surface area contributed by atoms with Crippen molar-refractivity contribution in [1.82, 2.24) is 19.7 Å². The Morgan fingerprint density at radius 2 is 2.11 bits per heavy atom. The number of carbonyl (C=O) groups excluding carboxylic acids is 1. The number of hydrogen-bond acceptors (Lipinski definition) is 6. The second-order valence-electron chi connectivity index (χ2n) is 6.67. The van der Waals surface area contributed by atoms with E-state index in [1.54, 1.807) is 29.9 Å². The normalized spacial score (nSPS) is 11.2. The Bertz CT molecular complexity index is 947. The molecule has 0 unspecified atom stereocenters. The molecule has 0 fully saturated rings. The summed E-state index contributed by atoms with van der Waals surface area (Å²) in [4.78, 5) is 18.7. The van der Waals surface area contributed by atoms with Crippen LogP contribution in [-0.4, -0.2) is 25.7 Å². The Labute approximate surface area is 167 Å². The molecular weight excluding hydrogens is 378 g/mol. The molecule has 2 heterocycles. The van der Waals surface area contributed by atoms with Crippen molar-refractivity contribution in [1.29, 1.82) is 0 Å². The number of anilines is 2. The van der Waals surface area contributed by atoms with E-state index >= 15 is 0 Å². The highest BCUT2D eigenvalue weighted by Crippen LogP contribution is 2.33. The highest BCUT2D eigenvalue weighted by atomic mass is 32.2. The van der Waals surface area contributed by atoms with Crippen LogP contribution in [0.25, 0.3) is 0 Å². The molecule has 0 aliphatic rings. The number of carbonyl (C=O) groups is 1. The van der Waals surface area contributed by atoms with Gasteiger partial charge >= 0.3 is 0 Å². The molecule has 3 aromatic rings. The molecule has 6 nitrogen and oxygen atoms in total. The number of benzene rings is 1. The molecule has 0 radical (unpaired) electrons. The number of hydrogen-bond donors (Lipinski definition) is 0. The summed E-state index contributed by atoms with van der Waals surface area (Å²) in [5.74, 6) is 0.635. The fourth-order valence-corrected chi connectivity index (χ4v) is 4.68. The van der Waals surface area contributed by atoms with Crippen molar-refractivity contribution in [3.63, 3.8) is 0 Å². The van der Waals surface area contributed by atoms with E-state index < -0.39 is 0 Å². The summed E-state index contributed by atoms with van der Waals surface area (Å²) < 4.78 is 2.04. The van der Waals surface area contributed by atoms with Crippen molar-refractivity contribution >= 4 is 39.8 Å². The first-order valence-electron chi connectivity index (χ1n) is 8.71. The fourth-order valence-electron chi connectivity index (χ4n) is 2.76. The molecule has 0 saturated heterocycles. The molecule has 0 spiro atoms. The second-order valence-corrected chi connectivity index (χ2v) is 8.45. The minimum atomic E-state index is -0.0462. The fraction of sp³-hybridized carbons (Fsp3) is 0.368. The van der Waals surface area contributed by atoms with Crippen LogP contribution in [0.5, 0.6) is 0 Å². The van der Waals surface area contributed by atoms with Gasteiger partial charge in [-0.2, -0.15) is 0 Å². The zero-order chi connectivity index (χ0) is 19.6. The van der Waals surface area contributed by atoms with Gasteiger partial charge < -0.3 is 4.57 Å². The van der Waals surface area contributed by atoms with Gasteiger partial charge in [0.05, 0.1) is 11.4 Å². The first kappa shape index (κ1) is 19.6. The van der Waals surface area contributed by atoms with Crippen molar-refractivity contribution < 1.29 is 4.79 Å². The quantitative estimate of drug-likeness (QED) is 0.549. The van der Waals surface area contributed by atoms with E-state index in [1.807, 2.05) is 35.9 Å². The first-order valence-corrected chi connectivity index (χ1v) is 10.6. The van der Waals surface area contributed by atoms with Gasteiger partial charge in [0, 0.05) is 24.1 Å². The van der Waals surface area contributed by atoms with E-state index in [4.69, 9.17) is 4.98 Å². The van der Waals surface area contributed by atoms with E-state index in [0.717, 1.165) is 22.1 Å². The highest BCUT2D eigenvalue weighted by Gasteiger charge is 2.20. The molecule has 0 atom stereocenters. The van der Waals surface area contributed by atoms with Crippen LogP contribution in [0.2, 0.25) is 0 Å². The zero-order valence-corrected chi connectivity index (χ0v) is 17.8. The predicted molar refractivity (Wildman–Crippen MR) is 111 cm³/mol. The third-order valence-corrected chi connectivity index (χ3v) is 5.95. The summed E-state index contributed by atoms with van der Waals surface area (Å²) in [5, 5.41) is 11.7. The van der Waals surface area contributed by atoms with Crippen LogP contribution in [0, 0.1) is 13.8 Å². The number of amides is 1. The molecule has 1 aromatic carbocycles. The summed E-state index contributed by atoms with van der Waals surface area (Å²) in [6, 6.07) is 6.38. The van der Waals surface area contributed by atoms with E-state index in [-0.39, 0.29) is 5.91 Å². The van der Waals surface area contributed by atoms with Crippen LogP contribution in [0.15, 0.2) is 35.1 Å². The van der Waals surface area contributed by atoms with Crippen LogP contribution < -0.4 is 4.90 Å². The Morgan fingerprint density at radius 1 is 1.33 bits per heavy atom. The number of thioether (sulfide) groups is 1. The van der Waals surface area contributed by atoms with Gasteiger partial charge in [0.25, 0.3) is 0 Å². The maximum Gasteiger partial charge on any atom is 0.230 e. The first-order chi connectivity index (χ1) is 12.9. The molecule has 1 amide bonds. The molecule has 142 valence electrons. The minimum Gasteiger partial charge on any atom is -0.306 e. The van der Waals surface area contributed by atoms with Gasteiger partial charge in [-0.05, 0) is 39.3 Å². The van der Waals surface area contributed by atoms with E-state index in [2.05, 4.69) is 30.1 Å². The third kappa shape index (κ3) is 4.39. The smallest absolute Gasteiger partial charge is 0.230 e. The summed E-state index contributed by atoms with van der Waals surface area (Å²) in [7, 11) is 0. The maximum atomic E-state index is 12.3. The molecule has 0 aliphatic carbocycles. The van der Waals surface area contributed by atoms with Crippen LogP contribution in [-0.2, 0) is 10.5 Å². The zero-order valence-electron chi connectivity index (χ0n) is 16.1. The Kier molecular flexibility index (Phi) is 5.96. The number of aromatic nitrogens is 4. The number of aryl methyl sites for hydroxylation is 2. The average Bonchev–Trinajstić information content (AvgIpc) is 3.24. The van der Waals surface area contributed by atoms with Crippen LogP contribution in [0.1, 0.15) is 43.6 Å². The monoisotopic (exact) mass is 401 g/mol. The highest BCUT2D eigenvalue weighted by molar-refractivity contribution is 7.98. The lowest BCUT2D eigenvalue weighted by Crippen LogP contribution is -2.23. The average molecular weight is 402 g/mol. The van der Waals surface area contributed by atoms with E-state index in [1.165, 1.54) is 16.9 Å².